The fourth-order valence-electron chi connectivity index (χ4n) is 1.98. The molecule has 3 nitrogen and oxygen atoms in total. The van der Waals surface area contributed by atoms with Gasteiger partial charge in [-0.1, -0.05) is 18.2 Å². The summed E-state index contributed by atoms with van der Waals surface area (Å²) in [6.45, 7) is 0. The lowest BCUT2D eigenvalue weighted by molar-refractivity contribution is 0.606. The molecule has 17 heavy (non-hydrogen) atoms. The Bertz CT molecular complexity index is 598. The molecule has 5 heteroatoms. The van der Waals surface area contributed by atoms with Crippen LogP contribution < -0.4 is 0 Å². The summed E-state index contributed by atoms with van der Waals surface area (Å²) in [4.78, 5) is 0. The van der Waals surface area contributed by atoms with E-state index in [-0.39, 0.29) is 5.82 Å². The second-order valence-electron chi connectivity index (χ2n) is 4.31. The summed E-state index contributed by atoms with van der Waals surface area (Å²) in [5, 5.41) is 6.98. The zero-order chi connectivity index (χ0) is 11.8. The van der Waals surface area contributed by atoms with E-state index in [4.69, 9.17) is 12.2 Å². The Morgan fingerprint density at radius 3 is 2.88 bits per heavy atom. The standard InChI is InChI=1S/C12H12FN3S/c13-10-4-2-1-3-8(10)7-11-14-15-12(17)16(11)9-5-6-9/h1-4,9H,5-7H2,(H,15,17). The molecule has 0 amide bonds. The lowest BCUT2D eigenvalue weighted by atomic mass is 10.1. The molecule has 1 aliphatic rings. The molecule has 0 radical (unpaired) electrons. The summed E-state index contributed by atoms with van der Waals surface area (Å²) in [5.41, 5.74) is 0.656. The number of rotatable bonds is 3. The van der Waals surface area contributed by atoms with Gasteiger partial charge in [0.25, 0.3) is 0 Å². The molecule has 0 atom stereocenters. The first kappa shape index (κ1) is 10.7. The van der Waals surface area contributed by atoms with Crippen molar-refractivity contribution in [3.63, 3.8) is 0 Å². The molecule has 88 valence electrons. The van der Waals surface area contributed by atoms with Gasteiger partial charge >= 0.3 is 0 Å². The van der Waals surface area contributed by atoms with Crippen molar-refractivity contribution in [2.45, 2.75) is 25.3 Å². The smallest absolute Gasteiger partial charge is 0.195 e. The average Bonchev–Trinajstić information content (AvgIpc) is 3.08. The first-order valence-corrected chi connectivity index (χ1v) is 6.05. The first-order valence-electron chi connectivity index (χ1n) is 5.65. The van der Waals surface area contributed by atoms with E-state index in [0.29, 0.717) is 22.8 Å². The van der Waals surface area contributed by atoms with Crippen molar-refractivity contribution in [1.82, 2.24) is 14.8 Å². The van der Waals surface area contributed by atoms with Gasteiger partial charge in [-0.2, -0.15) is 5.10 Å². The molecule has 1 fully saturated rings. The van der Waals surface area contributed by atoms with E-state index in [1.54, 1.807) is 12.1 Å². The molecule has 3 rings (SSSR count). The van der Waals surface area contributed by atoms with Gasteiger partial charge in [-0.25, -0.2) is 4.39 Å². The van der Waals surface area contributed by atoms with Crippen molar-refractivity contribution < 1.29 is 4.39 Å². The molecule has 1 saturated carbocycles. The van der Waals surface area contributed by atoms with Crippen molar-refractivity contribution in [2.75, 3.05) is 0 Å². The normalized spacial score (nSPS) is 15.1. The third-order valence-electron chi connectivity index (χ3n) is 3.00. The molecule has 0 spiro atoms. The fraction of sp³-hybridized carbons (Fsp3) is 0.333. The van der Waals surface area contributed by atoms with Crippen LogP contribution in [0.1, 0.15) is 30.3 Å². The zero-order valence-corrected chi connectivity index (χ0v) is 10.0. The Balaban J connectivity index is 1.96. The maximum absolute atomic E-state index is 13.6. The van der Waals surface area contributed by atoms with Crippen LogP contribution in [-0.2, 0) is 6.42 Å². The van der Waals surface area contributed by atoms with E-state index in [9.17, 15) is 4.39 Å². The largest absolute Gasteiger partial charge is 0.301 e. The molecule has 0 unspecified atom stereocenters. The van der Waals surface area contributed by atoms with E-state index >= 15 is 0 Å². The summed E-state index contributed by atoms with van der Waals surface area (Å²) in [7, 11) is 0. The predicted molar refractivity (Wildman–Crippen MR) is 64.9 cm³/mol. The molecule has 0 saturated heterocycles. The van der Waals surface area contributed by atoms with Crippen LogP contribution in [0, 0.1) is 10.6 Å². The molecule has 1 aliphatic carbocycles. The van der Waals surface area contributed by atoms with Gasteiger partial charge in [-0.05, 0) is 36.7 Å². The Hall–Kier alpha value is -1.49. The number of benzene rings is 1. The summed E-state index contributed by atoms with van der Waals surface area (Å²) in [6, 6.07) is 7.24. The van der Waals surface area contributed by atoms with Crippen LogP contribution in [-0.4, -0.2) is 14.8 Å². The monoisotopic (exact) mass is 249 g/mol. The summed E-state index contributed by atoms with van der Waals surface area (Å²) < 4.78 is 16.2. The third kappa shape index (κ3) is 2.02. The Labute approximate surface area is 103 Å². The SMILES string of the molecule is Fc1ccccc1Cc1n[nH]c(=S)n1C1CC1. The van der Waals surface area contributed by atoms with Gasteiger partial charge in [0.2, 0.25) is 0 Å². The van der Waals surface area contributed by atoms with Crippen molar-refractivity contribution in [3.05, 3.63) is 46.2 Å². The number of nitrogens with zero attached hydrogens (tertiary/aromatic N) is 2. The lowest BCUT2D eigenvalue weighted by Crippen LogP contribution is -2.03. The summed E-state index contributed by atoms with van der Waals surface area (Å²) >= 11 is 5.19. The van der Waals surface area contributed by atoms with Gasteiger partial charge < -0.3 is 4.57 Å². The van der Waals surface area contributed by atoms with Gasteiger partial charge in [0.15, 0.2) is 4.77 Å². The zero-order valence-electron chi connectivity index (χ0n) is 9.19. The average molecular weight is 249 g/mol. The van der Waals surface area contributed by atoms with Crippen LogP contribution in [0.4, 0.5) is 4.39 Å². The highest BCUT2D eigenvalue weighted by Gasteiger charge is 2.27. The third-order valence-corrected chi connectivity index (χ3v) is 3.28. The maximum atomic E-state index is 13.6. The minimum absolute atomic E-state index is 0.191. The molecule has 1 aromatic carbocycles. The minimum atomic E-state index is -0.191. The molecule has 0 bridgehead atoms. The van der Waals surface area contributed by atoms with E-state index in [2.05, 4.69) is 10.2 Å². The molecule has 2 aromatic rings. The van der Waals surface area contributed by atoms with E-state index < -0.39 is 0 Å². The minimum Gasteiger partial charge on any atom is -0.301 e. The van der Waals surface area contributed by atoms with Crippen LogP contribution >= 0.6 is 12.2 Å². The van der Waals surface area contributed by atoms with E-state index in [1.807, 2.05) is 10.6 Å². The van der Waals surface area contributed by atoms with Crippen molar-refractivity contribution in [2.24, 2.45) is 0 Å². The van der Waals surface area contributed by atoms with Crippen molar-refractivity contribution in [1.29, 1.82) is 0 Å². The number of hydrogen-bond donors (Lipinski definition) is 1. The number of aromatic amines is 1. The topological polar surface area (TPSA) is 33.6 Å². The van der Waals surface area contributed by atoms with Gasteiger partial charge in [0.05, 0.1) is 0 Å². The molecule has 1 heterocycles. The van der Waals surface area contributed by atoms with Crippen LogP contribution in [0.15, 0.2) is 24.3 Å². The van der Waals surface area contributed by atoms with Gasteiger partial charge in [-0.15, -0.1) is 0 Å². The number of H-pyrrole nitrogens is 1. The predicted octanol–water partition coefficient (Wildman–Crippen LogP) is 3.01. The molecule has 0 aliphatic heterocycles. The van der Waals surface area contributed by atoms with Crippen molar-refractivity contribution >= 4 is 12.2 Å². The number of aromatic nitrogens is 3. The Kier molecular flexibility index (Phi) is 2.55. The molecular weight excluding hydrogens is 237 g/mol. The summed E-state index contributed by atoms with van der Waals surface area (Å²) in [5.74, 6) is 0.631. The van der Waals surface area contributed by atoms with Crippen LogP contribution in [0.25, 0.3) is 0 Å². The van der Waals surface area contributed by atoms with Gasteiger partial charge in [-0.3, -0.25) is 5.10 Å². The molecule has 1 N–H and O–H groups in total. The lowest BCUT2D eigenvalue weighted by Gasteiger charge is -2.05. The van der Waals surface area contributed by atoms with Crippen molar-refractivity contribution in [3.8, 4) is 0 Å². The van der Waals surface area contributed by atoms with Crippen LogP contribution in [0.2, 0.25) is 0 Å². The fourth-order valence-corrected chi connectivity index (χ4v) is 2.28. The Morgan fingerprint density at radius 2 is 2.18 bits per heavy atom. The van der Waals surface area contributed by atoms with E-state index in [0.717, 1.165) is 18.7 Å². The highest BCUT2D eigenvalue weighted by atomic mass is 32.1. The van der Waals surface area contributed by atoms with Gasteiger partial charge in [0.1, 0.15) is 11.6 Å². The second kappa shape index (κ2) is 4.07. The quantitative estimate of drug-likeness (QED) is 0.848. The second-order valence-corrected chi connectivity index (χ2v) is 4.70. The van der Waals surface area contributed by atoms with E-state index in [1.165, 1.54) is 6.07 Å². The highest BCUT2D eigenvalue weighted by Crippen LogP contribution is 2.36. The number of hydrogen-bond acceptors (Lipinski definition) is 2. The molecular formula is C12H12FN3S. The summed E-state index contributed by atoms with van der Waals surface area (Å²) in [6.07, 6.45) is 2.76. The maximum Gasteiger partial charge on any atom is 0.195 e. The van der Waals surface area contributed by atoms with Gasteiger partial charge in [0, 0.05) is 12.5 Å². The molecule has 1 aromatic heterocycles. The Morgan fingerprint density at radius 1 is 1.41 bits per heavy atom. The number of nitrogens with one attached hydrogen (secondary N) is 1. The highest BCUT2D eigenvalue weighted by molar-refractivity contribution is 7.71. The van der Waals surface area contributed by atoms with Crippen LogP contribution in [0.5, 0.6) is 0 Å². The number of halogens is 1. The first-order chi connectivity index (χ1) is 8.25. The van der Waals surface area contributed by atoms with Crippen LogP contribution in [0.3, 0.4) is 0 Å².